The average Bonchev–Trinajstić information content (AvgIpc) is 2.50. The maximum Gasteiger partial charge on any atom is 0.335 e. The summed E-state index contributed by atoms with van der Waals surface area (Å²) >= 11 is 0. The molecule has 0 radical (unpaired) electrons. The Bertz CT molecular complexity index is 360. The molecule has 3 nitrogen and oxygen atoms in total. The molecule has 0 aliphatic carbocycles. The van der Waals surface area contributed by atoms with Crippen LogP contribution in [0.2, 0.25) is 0 Å². The summed E-state index contributed by atoms with van der Waals surface area (Å²) in [4.78, 5) is 10.2. The molecule has 0 amide bonds. The Morgan fingerprint density at radius 1 is 0.818 bits per heavy atom. The first-order valence-electron chi connectivity index (χ1n) is 8.68. The fourth-order valence-corrected chi connectivity index (χ4v) is 3.15. The van der Waals surface area contributed by atoms with Gasteiger partial charge in [0, 0.05) is 0 Å². The van der Waals surface area contributed by atoms with E-state index in [0.717, 1.165) is 0 Å². The summed E-state index contributed by atoms with van der Waals surface area (Å²) in [5.41, 5.74) is 0.331. The van der Waals surface area contributed by atoms with Gasteiger partial charge in [0.15, 0.2) is 0 Å². The van der Waals surface area contributed by atoms with Crippen molar-refractivity contribution in [3.63, 3.8) is 0 Å². The Morgan fingerprint density at radius 2 is 1.18 bits per heavy atom. The number of hydrogen-bond acceptors (Lipinski definition) is 1. The van der Waals surface area contributed by atoms with Crippen molar-refractivity contribution in [3.05, 3.63) is 35.9 Å². The van der Waals surface area contributed by atoms with Crippen molar-refractivity contribution in [1.29, 1.82) is 0 Å². The molecule has 1 aromatic carbocycles. The minimum atomic E-state index is -0.879. The summed E-state index contributed by atoms with van der Waals surface area (Å²) in [5.74, 6) is -0.879. The minimum Gasteiger partial charge on any atom is -0.478 e. The van der Waals surface area contributed by atoms with Gasteiger partial charge in [-0.2, -0.15) is 0 Å². The molecule has 0 saturated heterocycles. The smallest absolute Gasteiger partial charge is 0.335 e. The van der Waals surface area contributed by atoms with E-state index in [2.05, 4.69) is 27.7 Å². The Labute approximate surface area is 136 Å². The van der Waals surface area contributed by atoms with Gasteiger partial charge < -0.3 is 9.59 Å². The summed E-state index contributed by atoms with van der Waals surface area (Å²) in [7, 11) is 0. The normalized spacial score (nSPS) is 10.7. The van der Waals surface area contributed by atoms with Crippen LogP contribution in [0.15, 0.2) is 30.3 Å². The molecule has 0 spiro atoms. The molecule has 1 rings (SSSR count). The maximum atomic E-state index is 10.2. The zero-order valence-electron chi connectivity index (χ0n) is 14.8. The lowest BCUT2D eigenvalue weighted by Gasteiger charge is -2.38. The third-order valence-corrected chi connectivity index (χ3v) is 3.81. The maximum absolute atomic E-state index is 10.2. The van der Waals surface area contributed by atoms with Crippen LogP contribution in [0.5, 0.6) is 0 Å². The molecule has 1 N–H and O–H groups in total. The van der Waals surface area contributed by atoms with Gasteiger partial charge in [0.1, 0.15) is 0 Å². The molecule has 0 aliphatic heterocycles. The van der Waals surface area contributed by atoms with Crippen molar-refractivity contribution in [3.8, 4) is 0 Å². The lowest BCUT2D eigenvalue weighted by atomic mass is 10.2. The molecule has 0 heterocycles. The fraction of sp³-hybridized carbons (Fsp3) is 0.632. The molecule has 0 saturated carbocycles. The molecule has 0 aromatic heterocycles. The van der Waals surface area contributed by atoms with Gasteiger partial charge in [0.25, 0.3) is 0 Å². The second-order valence-corrected chi connectivity index (χ2v) is 5.91. The van der Waals surface area contributed by atoms with Crippen molar-refractivity contribution < 1.29 is 14.4 Å². The van der Waals surface area contributed by atoms with Crippen LogP contribution in [-0.2, 0) is 0 Å². The first-order chi connectivity index (χ1) is 10.5. The monoisotopic (exact) mass is 308 g/mol. The number of carboxylic acids is 1. The van der Waals surface area contributed by atoms with Gasteiger partial charge >= 0.3 is 5.97 Å². The summed E-state index contributed by atoms with van der Waals surface area (Å²) in [6.07, 6.45) is 5.33. The van der Waals surface area contributed by atoms with Crippen molar-refractivity contribution >= 4 is 5.97 Å². The lowest BCUT2D eigenvalue weighted by Crippen LogP contribution is -2.50. The molecular weight excluding hydrogens is 274 g/mol. The summed E-state index contributed by atoms with van der Waals surface area (Å²) in [5, 5.41) is 8.38. The van der Waals surface area contributed by atoms with Crippen LogP contribution in [0, 0.1) is 0 Å². The standard InChI is InChI=1S/C12H28N.C7H6O2/c1-5-9-13(10-6-2,11-7-3)12-8-4;8-7(9)6-4-2-1-3-5-6/h5-12H2,1-4H3;1-5H,(H,8,9)/q+1;. The highest BCUT2D eigenvalue weighted by Crippen LogP contribution is 2.12. The van der Waals surface area contributed by atoms with Crippen molar-refractivity contribution in [2.75, 3.05) is 26.2 Å². The van der Waals surface area contributed by atoms with E-state index in [-0.39, 0.29) is 0 Å². The van der Waals surface area contributed by atoms with E-state index in [1.165, 1.54) is 56.3 Å². The van der Waals surface area contributed by atoms with E-state index < -0.39 is 5.97 Å². The van der Waals surface area contributed by atoms with Crippen LogP contribution in [0.25, 0.3) is 0 Å². The third-order valence-electron chi connectivity index (χ3n) is 3.81. The third kappa shape index (κ3) is 8.18. The number of nitrogens with zero attached hydrogens (tertiary/aromatic N) is 1. The quantitative estimate of drug-likeness (QED) is 0.664. The summed E-state index contributed by atoms with van der Waals surface area (Å²) in [6.45, 7) is 14.8. The highest BCUT2D eigenvalue weighted by Gasteiger charge is 2.22. The van der Waals surface area contributed by atoms with Gasteiger partial charge in [-0.25, -0.2) is 4.79 Å². The zero-order valence-corrected chi connectivity index (χ0v) is 14.8. The van der Waals surface area contributed by atoms with Gasteiger partial charge in [0.05, 0.1) is 31.7 Å². The number of rotatable bonds is 9. The SMILES string of the molecule is CCC[N+](CCC)(CCC)CCC.O=C(O)c1ccccc1. The van der Waals surface area contributed by atoms with E-state index >= 15 is 0 Å². The Kier molecular flexibility index (Phi) is 11.5. The van der Waals surface area contributed by atoms with Crippen molar-refractivity contribution in [2.24, 2.45) is 0 Å². The summed E-state index contributed by atoms with van der Waals surface area (Å²) in [6, 6.07) is 8.30. The number of hydrogen-bond donors (Lipinski definition) is 1. The van der Waals surface area contributed by atoms with Crippen LogP contribution < -0.4 is 0 Å². The highest BCUT2D eigenvalue weighted by molar-refractivity contribution is 5.87. The van der Waals surface area contributed by atoms with Crippen LogP contribution in [0.3, 0.4) is 0 Å². The molecule has 3 heteroatoms. The Morgan fingerprint density at radius 3 is 1.41 bits per heavy atom. The van der Waals surface area contributed by atoms with Crippen LogP contribution in [-0.4, -0.2) is 41.7 Å². The molecule has 0 aliphatic rings. The summed E-state index contributed by atoms with van der Waals surface area (Å²) < 4.78 is 1.38. The number of carboxylic acid groups (broad SMARTS) is 1. The molecule has 22 heavy (non-hydrogen) atoms. The molecule has 0 atom stereocenters. The minimum absolute atomic E-state index is 0.331. The molecule has 0 bridgehead atoms. The van der Waals surface area contributed by atoms with Crippen molar-refractivity contribution in [1.82, 2.24) is 0 Å². The highest BCUT2D eigenvalue weighted by atomic mass is 16.4. The van der Waals surface area contributed by atoms with Gasteiger partial charge in [-0.05, 0) is 37.8 Å². The second kappa shape index (κ2) is 12.2. The first kappa shape index (κ1) is 20.6. The second-order valence-electron chi connectivity index (χ2n) is 5.91. The molecule has 126 valence electrons. The van der Waals surface area contributed by atoms with Crippen molar-refractivity contribution in [2.45, 2.75) is 53.4 Å². The Balaban J connectivity index is 0.000000425. The first-order valence-corrected chi connectivity index (χ1v) is 8.68. The van der Waals surface area contributed by atoms with E-state index in [1.807, 2.05) is 0 Å². The fourth-order valence-electron chi connectivity index (χ4n) is 3.15. The number of aromatic carboxylic acids is 1. The van der Waals surface area contributed by atoms with E-state index in [0.29, 0.717) is 5.56 Å². The van der Waals surface area contributed by atoms with Gasteiger partial charge in [0.2, 0.25) is 0 Å². The lowest BCUT2D eigenvalue weighted by molar-refractivity contribution is -0.928. The van der Waals surface area contributed by atoms with E-state index in [1.54, 1.807) is 30.3 Å². The van der Waals surface area contributed by atoms with E-state index in [9.17, 15) is 4.79 Å². The van der Waals surface area contributed by atoms with Crippen LogP contribution in [0.1, 0.15) is 63.7 Å². The van der Waals surface area contributed by atoms with Gasteiger partial charge in [-0.15, -0.1) is 0 Å². The molecule has 0 fully saturated rings. The largest absolute Gasteiger partial charge is 0.478 e. The van der Waals surface area contributed by atoms with Crippen LogP contribution >= 0.6 is 0 Å². The zero-order chi connectivity index (χ0) is 16.8. The average molecular weight is 308 g/mol. The van der Waals surface area contributed by atoms with Gasteiger partial charge in [-0.3, -0.25) is 0 Å². The van der Waals surface area contributed by atoms with Crippen LogP contribution in [0.4, 0.5) is 0 Å². The Hall–Kier alpha value is -1.35. The molecular formula is C19H34NO2+. The molecule has 0 unspecified atom stereocenters. The van der Waals surface area contributed by atoms with E-state index in [4.69, 9.17) is 5.11 Å². The number of carbonyl (C=O) groups is 1. The predicted octanol–water partition coefficient (Wildman–Crippen LogP) is 4.83. The predicted molar refractivity (Wildman–Crippen MR) is 94.3 cm³/mol. The number of benzene rings is 1. The van der Waals surface area contributed by atoms with Gasteiger partial charge in [-0.1, -0.05) is 45.9 Å². The molecule has 1 aromatic rings. The number of quaternary nitrogens is 1. The topological polar surface area (TPSA) is 37.3 Å².